The number of guanidine groups is 1. The van der Waals surface area contributed by atoms with Crippen LogP contribution < -0.4 is 10.6 Å². The van der Waals surface area contributed by atoms with Crippen molar-refractivity contribution < 1.29 is 4.74 Å². The summed E-state index contributed by atoms with van der Waals surface area (Å²) in [5.74, 6) is 1.75. The van der Waals surface area contributed by atoms with Crippen LogP contribution in [0.3, 0.4) is 0 Å². The molecule has 1 saturated heterocycles. The summed E-state index contributed by atoms with van der Waals surface area (Å²) in [5, 5.41) is 6.67. The Morgan fingerprint density at radius 3 is 2.90 bits per heavy atom. The third-order valence-corrected chi connectivity index (χ3v) is 3.99. The van der Waals surface area contributed by atoms with E-state index in [0.29, 0.717) is 6.04 Å². The van der Waals surface area contributed by atoms with Gasteiger partial charge in [0.05, 0.1) is 6.54 Å². The van der Waals surface area contributed by atoms with Crippen LogP contribution in [0.15, 0.2) is 4.99 Å². The second kappa shape index (κ2) is 10.9. The maximum absolute atomic E-state index is 5.06. The summed E-state index contributed by atoms with van der Waals surface area (Å²) >= 11 is 0. The maximum Gasteiger partial charge on any atom is 0.191 e. The second-order valence-corrected chi connectivity index (χ2v) is 6.08. The van der Waals surface area contributed by atoms with Crippen molar-refractivity contribution in [2.24, 2.45) is 10.9 Å². The van der Waals surface area contributed by atoms with E-state index in [1.165, 1.54) is 25.9 Å². The summed E-state index contributed by atoms with van der Waals surface area (Å²) in [7, 11) is 1.74. The molecular weight excluding hydrogens is 264 g/mol. The normalized spacial score (nSPS) is 22.1. The summed E-state index contributed by atoms with van der Waals surface area (Å²) in [6, 6.07) is 0.516. The van der Waals surface area contributed by atoms with E-state index in [2.05, 4.69) is 36.3 Å². The first-order valence-electron chi connectivity index (χ1n) is 8.42. The second-order valence-electron chi connectivity index (χ2n) is 6.08. The van der Waals surface area contributed by atoms with Crippen molar-refractivity contribution in [1.82, 2.24) is 15.5 Å². The first-order valence-corrected chi connectivity index (χ1v) is 8.42. The van der Waals surface area contributed by atoms with E-state index >= 15 is 0 Å². The molecule has 1 rings (SSSR count). The van der Waals surface area contributed by atoms with E-state index < -0.39 is 0 Å². The number of hydrogen-bond donors (Lipinski definition) is 2. The lowest BCUT2D eigenvalue weighted by atomic mass is 9.99. The monoisotopic (exact) mass is 298 g/mol. The fraction of sp³-hybridized carbons (Fsp3) is 0.938. The van der Waals surface area contributed by atoms with Crippen molar-refractivity contribution >= 4 is 5.96 Å². The molecule has 5 nitrogen and oxygen atoms in total. The zero-order valence-corrected chi connectivity index (χ0v) is 14.3. The van der Waals surface area contributed by atoms with Gasteiger partial charge in [-0.15, -0.1) is 0 Å². The number of methoxy groups -OCH3 is 1. The Labute approximate surface area is 130 Å². The molecule has 1 aliphatic rings. The minimum atomic E-state index is 0.516. The van der Waals surface area contributed by atoms with Gasteiger partial charge >= 0.3 is 0 Å². The van der Waals surface area contributed by atoms with Crippen LogP contribution in [0.25, 0.3) is 0 Å². The molecule has 2 unspecified atom stereocenters. The largest absolute Gasteiger partial charge is 0.385 e. The van der Waals surface area contributed by atoms with E-state index in [1.54, 1.807) is 7.11 Å². The van der Waals surface area contributed by atoms with E-state index in [-0.39, 0.29) is 0 Å². The summed E-state index contributed by atoms with van der Waals surface area (Å²) < 4.78 is 5.06. The average molecular weight is 298 g/mol. The van der Waals surface area contributed by atoms with E-state index in [1.807, 2.05) is 0 Å². The highest BCUT2D eigenvalue weighted by atomic mass is 16.5. The van der Waals surface area contributed by atoms with Crippen molar-refractivity contribution in [1.29, 1.82) is 0 Å². The fourth-order valence-electron chi connectivity index (χ4n) is 2.73. The number of piperidine rings is 1. The number of likely N-dealkylation sites (tertiary alicyclic amines) is 1. The lowest BCUT2D eigenvalue weighted by Gasteiger charge is -2.35. The molecule has 2 atom stereocenters. The third kappa shape index (κ3) is 7.67. The Balaban J connectivity index is 2.36. The van der Waals surface area contributed by atoms with Gasteiger partial charge in [0, 0.05) is 39.4 Å². The van der Waals surface area contributed by atoms with Gasteiger partial charge in [0.15, 0.2) is 5.96 Å². The van der Waals surface area contributed by atoms with Gasteiger partial charge in [-0.05, 0) is 45.6 Å². The average Bonchev–Trinajstić information content (AvgIpc) is 2.48. The molecule has 0 bridgehead atoms. The van der Waals surface area contributed by atoms with E-state index in [9.17, 15) is 0 Å². The lowest BCUT2D eigenvalue weighted by molar-refractivity contribution is 0.142. The van der Waals surface area contributed by atoms with Crippen molar-refractivity contribution in [3.63, 3.8) is 0 Å². The molecule has 21 heavy (non-hydrogen) atoms. The Morgan fingerprint density at radius 1 is 1.43 bits per heavy atom. The molecule has 124 valence electrons. The van der Waals surface area contributed by atoms with Gasteiger partial charge in [0.25, 0.3) is 0 Å². The van der Waals surface area contributed by atoms with Gasteiger partial charge in [0.1, 0.15) is 0 Å². The van der Waals surface area contributed by atoms with Gasteiger partial charge in [-0.25, -0.2) is 0 Å². The predicted octanol–water partition coefficient (Wildman–Crippen LogP) is 1.70. The van der Waals surface area contributed by atoms with Crippen LogP contribution in [0.2, 0.25) is 0 Å². The number of nitrogens with one attached hydrogen (secondary N) is 2. The van der Waals surface area contributed by atoms with Crippen LogP contribution in [0.4, 0.5) is 0 Å². The molecule has 0 spiro atoms. The topological polar surface area (TPSA) is 48.9 Å². The van der Waals surface area contributed by atoms with Gasteiger partial charge in [-0.1, -0.05) is 6.92 Å². The van der Waals surface area contributed by atoms with Gasteiger partial charge < -0.3 is 15.4 Å². The standard InChI is InChI=1S/C16H34N4O/c1-5-17-16(18-9-7-11-21-4)19-12-15(3)20-10-6-8-14(2)13-20/h14-15H,5-13H2,1-4H3,(H2,17,18,19). The van der Waals surface area contributed by atoms with Crippen LogP contribution in [0, 0.1) is 5.92 Å². The summed E-state index contributed by atoms with van der Waals surface area (Å²) in [4.78, 5) is 7.30. The molecule has 1 fully saturated rings. The molecule has 0 aromatic rings. The van der Waals surface area contributed by atoms with Crippen LogP contribution >= 0.6 is 0 Å². The Kier molecular flexibility index (Phi) is 9.42. The number of hydrogen-bond acceptors (Lipinski definition) is 3. The Morgan fingerprint density at radius 2 is 2.24 bits per heavy atom. The van der Waals surface area contributed by atoms with Gasteiger partial charge in [-0.2, -0.15) is 0 Å². The van der Waals surface area contributed by atoms with Crippen molar-refractivity contribution in [2.45, 2.75) is 46.1 Å². The molecule has 0 aliphatic carbocycles. The van der Waals surface area contributed by atoms with Gasteiger partial charge in [-0.3, -0.25) is 9.89 Å². The van der Waals surface area contributed by atoms with Crippen LogP contribution in [0.5, 0.6) is 0 Å². The maximum atomic E-state index is 5.06. The SMILES string of the molecule is CCNC(=NCC(C)N1CCCC(C)C1)NCCCOC. The lowest BCUT2D eigenvalue weighted by Crippen LogP contribution is -2.43. The molecule has 0 amide bonds. The molecule has 5 heteroatoms. The molecule has 2 N–H and O–H groups in total. The van der Waals surface area contributed by atoms with Crippen molar-refractivity contribution in [2.75, 3.05) is 46.4 Å². The number of nitrogens with zero attached hydrogens (tertiary/aromatic N) is 2. The van der Waals surface area contributed by atoms with Crippen LogP contribution in [0.1, 0.15) is 40.0 Å². The predicted molar refractivity (Wildman–Crippen MR) is 89.9 cm³/mol. The Bertz CT molecular complexity index is 296. The van der Waals surface area contributed by atoms with Gasteiger partial charge in [0.2, 0.25) is 0 Å². The third-order valence-electron chi connectivity index (χ3n) is 3.99. The summed E-state index contributed by atoms with van der Waals surface area (Å²) in [6.45, 7) is 12.6. The molecule has 0 aromatic carbocycles. The molecular formula is C16H34N4O. The zero-order valence-electron chi connectivity index (χ0n) is 14.3. The van der Waals surface area contributed by atoms with E-state index in [4.69, 9.17) is 9.73 Å². The first-order chi connectivity index (χ1) is 10.2. The summed E-state index contributed by atoms with van der Waals surface area (Å²) in [6.07, 6.45) is 3.70. The molecule has 0 radical (unpaired) electrons. The van der Waals surface area contributed by atoms with Crippen molar-refractivity contribution in [3.8, 4) is 0 Å². The number of ether oxygens (including phenoxy) is 1. The molecule has 0 saturated carbocycles. The van der Waals surface area contributed by atoms with Crippen LogP contribution in [-0.2, 0) is 4.74 Å². The summed E-state index contributed by atoms with van der Waals surface area (Å²) in [5.41, 5.74) is 0. The van der Waals surface area contributed by atoms with E-state index in [0.717, 1.165) is 44.5 Å². The highest BCUT2D eigenvalue weighted by molar-refractivity contribution is 5.79. The smallest absolute Gasteiger partial charge is 0.191 e. The quantitative estimate of drug-likeness (QED) is 0.407. The zero-order chi connectivity index (χ0) is 15.5. The van der Waals surface area contributed by atoms with Crippen LogP contribution in [-0.4, -0.2) is 63.3 Å². The molecule has 1 heterocycles. The van der Waals surface area contributed by atoms with Crippen molar-refractivity contribution in [3.05, 3.63) is 0 Å². The molecule has 1 aliphatic heterocycles. The minimum absolute atomic E-state index is 0.516. The highest BCUT2D eigenvalue weighted by Gasteiger charge is 2.20. The minimum Gasteiger partial charge on any atom is -0.385 e. The number of aliphatic imine (C=N–C) groups is 1. The molecule has 0 aromatic heterocycles. The highest BCUT2D eigenvalue weighted by Crippen LogP contribution is 2.17. The first kappa shape index (κ1) is 18.2. The number of rotatable bonds is 8. The fourth-order valence-corrected chi connectivity index (χ4v) is 2.73. The Hall–Kier alpha value is -0.810.